The maximum Gasteiger partial charge on any atom is 0.231 e. The number of nitrogens with zero attached hydrogens (tertiary/aromatic N) is 2. The van der Waals surface area contributed by atoms with Crippen LogP contribution in [0.1, 0.15) is 18.4 Å². The first-order valence-corrected chi connectivity index (χ1v) is 5.62. The Balaban J connectivity index is 2.70. The highest BCUT2D eigenvalue weighted by Gasteiger charge is 2.15. The monoisotopic (exact) mass is 231 g/mol. The molecular weight excluding hydrogens is 214 g/mol. The van der Waals surface area contributed by atoms with E-state index >= 15 is 0 Å². The zero-order chi connectivity index (χ0) is 12.7. The Morgan fingerprint density at radius 2 is 2.12 bits per heavy atom. The van der Waals surface area contributed by atoms with Gasteiger partial charge in [-0.3, -0.25) is 9.69 Å². The standard InChI is InChI=1S/C13H17N3O/c1-2-16(10-13(15)17)9-12(8-14)11-6-4-3-5-7-11/h3-7,12H,2,9-10H2,1H3,(H2,15,17). The van der Waals surface area contributed by atoms with Crippen LogP contribution in [0.15, 0.2) is 30.3 Å². The van der Waals surface area contributed by atoms with Crippen LogP contribution in [-0.4, -0.2) is 30.4 Å². The average Bonchev–Trinajstić information content (AvgIpc) is 2.35. The molecule has 4 heteroatoms. The molecule has 0 spiro atoms. The second-order valence-corrected chi connectivity index (χ2v) is 3.89. The van der Waals surface area contributed by atoms with Crippen molar-refractivity contribution in [1.29, 1.82) is 5.26 Å². The van der Waals surface area contributed by atoms with Crippen molar-refractivity contribution in [3.8, 4) is 6.07 Å². The molecule has 0 aromatic heterocycles. The fourth-order valence-electron chi connectivity index (χ4n) is 1.69. The minimum Gasteiger partial charge on any atom is -0.369 e. The number of carbonyl (C=O) groups is 1. The van der Waals surface area contributed by atoms with E-state index in [1.54, 1.807) is 0 Å². The number of carbonyl (C=O) groups excluding carboxylic acids is 1. The molecule has 1 unspecified atom stereocenters. The molecule has 0 bridgehead atoms. The van der Waals surface area contributed by atoms with Gasteiger partial charge in [-0.2, -0.15) is 5.26 Å². The summed E-state index contributed by atoms with van der Waals surface area (Å²) in [5.41, 5.74) is 6.13. The SMILES string of the molecule is CCN(CC(N)=O)CC(C#N)c1ccccc1. The number of nitriles is 1. The molecule has 1 amide bonds. The van der Waals surface area contributed by atoms with Crippen LogP contribution in [0, 0.1) is 11.3 Å². The van der Waals surface area contributed by atoms with Crippen LogP contribution in [0.3, 0.4) is 0 Å². The maximum atomic E-state index is 10.9. The number of hydrogen-bond acceptors (Lipinski definition) is 3. The van der Waals surface area contributed by atoms with Gasteiger partial charge in [-0.15, -0.1) is 0 Å². The molecule has 1 aromatic carbocycles. The first-order valence-electron chi connectivity index (χ1n) is 5.62. The van der Waals surface area contributed by atoms with Crippen molar-refractivity contribution in [3.05, 3.63) is 35.9 Å². The Labute approximate surface area is 102 Å². The molecule has 17 heavy (non-hydrogen) atoms. The molecule has 0 fully saturated rings. The number of benzene rings is 1. The zero-order valence-corrected chi connectivity index (χ0v) is 9.97. The van der Waals surface area contributed by atoms with Crippen LogP contribution >= 0.6 is 0 Å². The summed E-state index contributed by atoms with van der Waals surface area (Å²) >= 11 is 0. The molecule has 1 aromatic rings. The predicted molar refractivity (Wildman–Crippen MR) is 66.1 cm³/mol. The zero-order valence-electron chi connectivity index (χ0n) is 9.97. The molecule has 0 saturated carbocycles. The van der Waals surface area contributed by atoms with Gasteiger partial charge in [-0.1, -0.05) is 37.3 Å². The van der Waals surface area contributed by atoms with Crippen LogP contribution in [-0.2, 0) is 4.79 Å². The van der Waals surface area contributed by atoms with Crippen LogP contribution in [0.2, 0.25) is 0 Å². The van der Waals surface area contributed by atoms with E-state index in [0.29, 0.717) is 13.1 Å². The summed E-state index contributed by atoms with van der Waals surface area (Å²) < 4.78 is 0. The molecule has 0 heterocycles. The lowest BCUT2D eigenvalue weighted by molar-refractivity contribution is -0.119. The summed E-state index contributed by atoms with van der Waals surface area (Å²) in [6.45, 7) is 3.37. The van der Waals surface area contributed by atoms with Crippen molar-refractivity contribution < 1.29 is 4.79 Å². The Bertz CT molecular complexity index is 397. The van der Waals surface area contributed by atoms with E-state index in [4.69, 9.17) is 11.0 Å². The second-order valence-electron chi connectivity index (χ2n) is 3.89. The van der Waals surface area contributed by atoms with E-state index in [0.717, 1.165) is 5.56 Å². The third-order valence-corrected chi connectivity index (χ3v) is 2.63. The van der Waals surface area contributed by atoms with Crippen molar-refractivity contribution in [2.45, 2.75) is 12.8 Å². The highest BCUT2D eigenvalue weighted by atomic mass is 16.1. The quantitative estimate of drug-likeness (QED) is 0.797. The first-order chi connectivity index (χ1) is 8.17. The van der Waals surface area contributed by atoms with E-state index in [1.807, 2.05) is 42.2 Å². The molecule has 0 aliphatic carbocycles. The molecule has 0 aliphatic heterocycles. The largest absolute Gasteiger partial charge is 0.369 e. The lowest BCUT2D eigenvalue weighted by atomic mass is 10.00. The third-order valence-electron chi connectivity index (χ3n) is 2.63. The molecule has 0 saturated heterocycles. The molecule has 0 aliphatic rings. The van der Waals surface area contributed by atoms with E-state index in [-0.39, 0.29) is 18.4 Å². The smallest absolute Gasteiger partial charge is 0.231 e. The van der Waals surface area contributed by atoms with Gasteiger partial charge in [0.1, 0.15) is 0 Å². The van der Waals surface area contributed by atoms with Gasteiger partial charge in [0, 0.05) is 6.54 Å². The van der Waals surface area contributed by atoms with Gasteiger partial charge in [0.2, 0.25) is 5.91 Å². The summed E-state index contributed by atoms with van der Waals surface area (Å²) in [5, 5.41) is 9.17. The van der Waals surface area contributed by atoms with Crippen LogP contribution < -0.4 is 5.73 Å². The number of hydrogen-bond donors (Lipinski definition) is 1. The van der Waals surface area contributed by atoms with Crippen LogP contribution in [0.5, 0.6) is 0 Å². The first kappa shape index (κ1) is 13.2. The maximum absolute atomic E-state index is 10.9. The van der Waals surface area contributed by atoms with Gasteiger partial charge in [-0.25, -0.2) is 0 Å². The van der Waals surface area contributed by atoms with Crippen molar-refractivity contribution in [3.63, 3.8) is 0 Å². The third kappa shape index (κ3) is 4.25. The Hall–Kier alpha value is -1.86. The molecule has 1 atom stereocenters. The minimum atomic E-state index is -0.364. The van der Waals surface area contributed by atoms with Gasteiger partial charge in [0.25, 0.3) is 0 Å². The predicted octanol–water partition coefficient (Wildman–Crippen LogP) is 1.10. The summed E-state index contributed by atoms with van der Waals surface area (Å²) in [7, 11) is 0. The van der Waals surface area contributed by atoms with E-state index in [9.17, 15) is 4.79 Å². The highest BCUT2D eigenvalue weighted by Crippen LogP contribution is 2.15. The molecule has 90 valence electrons. The number of primary amides is 1. The molecule has 2 N–H and O–H groups in total. The van der Waals surface area contributed by atoms with Crippen molar-refractivity contribution in [2.75, 3.05) is 19.6 Å². The van der Waals surface area contributed by atoms with Gasteiger partial charge in [0.05, 0.1) is 18.5 Å². The van der Waals surface area contributed by atoms with E-state index in [2.05, 4.69) is 6.07 Å². The Kier molecular flexibility index (Phi) is 5.18. The molecule has 0 radical (unpaired) electrons. The topological polar surface area (TPSA) is 70.1 Å². The fourth-order valence-corrected chi connectivity index (χ4v) is 1.69. The van der Waals surface area contributed by atoms with Crippen molar-refractivity contribution in [1.82, 2.24) is 4.90 Å². The number of nitrogens with two attached hydrogens (primary N) is 1. The van der Waals surface area contributed by atoms with Crippen molar-refractivity contribution in [2.24, 2.45) is 5.73 Å². The lowest BCUT2D eigenvalue weighted by Crippen LogP contribution is -2.36. The van der Waals surface area contributed by atoms with E-state index in [1.165, 1.54) is 0 Å². The second kappa shape index (κ2) is 6.66. The summed E-state index contributed by atoms with van der Waals surface area (Å²) in [6, 6.07) is 11.8. The lowest BCUT2D eigenvalue weighted by Gasteiger charge is -2.21. The molecular formula is C13H17N3O. The summed E-state index contributed by atoms with van der Waals surface area (Å²) in [4.78, 5) is 12.8. The highest BCUT2D eigenvalue weighted by molar-refractivity contribution is 5.75. The number of rotatable bonds is 6. The number of likely N-dealkylation sites (N-methyl/N-ethyl adjacent to an activating group) is 1. The van der Waals surface area contributed by atoms with Crippen LogP contribution in [0.25, 0.3) is 0 Å². The normalized spacial score (nSPS) is 12.1. The average molecular weight is 231 g/mol. The van der Waals surface area contributed by atoms with Crippen LogP contribution in [0.4, 0.5) is 0 Å². The summed E-state index contributed by atoms with van der Waals surface area (Å²) in [5.74, 6) is -0.591. The molecule has 4 nitrogen and oxygen atoms in total. The van der Waals surface area contributed by atoms with Crippen molar-refractivity contribution >= 4 is 5.91 Å². The minimum absolute atomic E-state index is 0.196. The molecule has 1 rings (SSSR count). The summed E-state index contributed by atoms with van der Waals surface area (Å²) in [6.07, 6.45) is 0. The van der Waals surface area contributed by atoms with Gasteiger partial charge in [0.15, 0.2) is 0 Å². The Morgan fingerprint density at radius 3 is 2.59 bits per heavy atom. The van der Waals surface area contributed by atoms with E-state index < -0.39 is 0 Å². The van der Waals surface area contributed by atoms with Gasteiger partial charge < -0.3 is 5.73 Å². The fraction of sp³-hybridized carbons (Fsp3) is 0.385. The number of amides is 1. The Morgan fingerprint density at radius 1 is 1.47 bits per heavy atom. The van der Waals surface area contributed by atoms with Gasteiger partial charge >= 0.3 is 0 Å². The van der Waals surface area contributed by atoms with Gasteiger partial charge in [-0.05, 0) is 12.1 Å².